The van der Waals surface area contributed by atoms with Gasteiger partial charge in [0.25, 0.3) is 0 Å². The number of rotatable bonds is 2. The van der Waals surface area contributed by atoms with Crippen molar-refractivity contribution in [1.29, 1.82) is 0 Å². The van der Waals surface area contributed by atoms with E-state index in [9.17, 15) is 9.59 Å². The zero-order chi connectivity index (χ0) is 11.6. The Balaban J connectivity index is 2.83. The molecule has 0 radical (unpaired) electrons. The Bertz CT molecular complexity index is 246. The highest BCUT2D eigenvalue weighted by Crippen LogP contribution is 2.29. The lowest BCUT2D eigenvalue weighted by atomic mass is 10.2. The highest BCUT2D eigenvalue weighted by Gasteiger charge is 2.50. The van der Waals surface area contributed by atoms with Crippen molar-refractivity contribution >= 4 is 11.9 Å². The molecule has 0 N–H and O–H groups in total. The Morgan fingerprint density at radius 1 is 1.00 bits per heavy atom. The van der Waals surface area contributed by atoms with Crippen LogP contribution < -0.4 is 0 Å². The fourth-order valence-electron chi connectivity index (χ4n) is 1.34. The molecule has 1 aliphatic rings. The first-order chi connectivity index (χ1) is 6.91. The van der Waals surface area contributed by atoms with E-state index in [1.54, 1.807) is 13.8 Å². The van der Waals surface area contributed by atoms with E-state index in [-0.39, 0.29) is 0 Å². The standard InChI is InChI=1S/C9H14O6/c1-9(2)14-5(7(10)12-3)6(15-9)8(11)13-4/h5-6H,1-4H3. The van der Waals surface area contributed by atoms with Crippen molar-refractivity contribution in [3.8, 4) is 0 Å². The van der Waals surface area contributed by atoms with Gasteiger partial charge in [-0.25, -0.2) is 9.59 Å². The maximum atomic E-state index is 11.3. The van der Waals surface area contributed by atoms with Gasteiger partial charge in [-0.1, -0.05) is 0 Å². The third-order valence-corrected chi connectivity index (χ3v) is 1.96. The zero-order valence-corrected chi connectivity index (χ0v) is 9.10. The van der Waals surface area contributed by atoms with Crippen LogP contribution in [0.2, 0.25) is 0 Å². The molecular weight excluding hydrogens is 204 g/mol. The molecule has 2 atom stereocenters. The molecule has 0 bridgehead atoms. The van der Waals surface area contributed by atoms with E-state index in [4.69, 9.17) is 9.47 Å². The highest BCUT2D eigenvalue weighted by molar-refractivity contribution is 5.86. The topological polar surface area (TPSA) is 71.1 Å². The molecule has 15 heavy (non-hydrogen) atoms. The van der Waals surface area contributed by atoms with E-state index >= 15 is 0 Å². The maximum absolute atomic E-state index is 11.3. The fraction of sp³-hybridized carbons (Fsp3) is 0.778. The second-order valence-corrected chi connectivity index (χ2v) is 3.52. The lowest BCUT2D eigenvalue weighted by Crippen LogP contribution is -2.38. The van der Waals surface area contributed by atoms with Gasteiger partial charge in [0.15, 0.2) is 18.0 Å². The number of hydrogen-bond acceptors (Lipinski definition) is 6. The van der Waals surface area contributed by atoms with Gasteiger partial charge in [0, 0.05) is 0 Å². The summed E-state index contributed by atoms with van der Waals surface area (Å²) in [6.07, 6.45) is -2.14. The van der Waals surface area contributed by atoms with Crippen molar-refractivity contribution in [2.75, 3.05) is 14.2 Å². The van der Waals surface area contributed by atoms with Gasteiger partial charge in [0.2, 0.25) is 0 Å². The molecule has 6 heteroatoms. The van der Waals surface area contributed by atoms with Crippen molar-refractivity contribution in [2.45, 2.75) is 31.8 Å². The van der Waals surface area contributed by atoms with Crippen LogP contribution >= 0.6 is 0 Å². The SMILES string of the molecule is COC(=O)C1OC(C)(C)OC1C(=O)OC. The van der Waals surface area contributed by atoms with Crippen LogP contribution in [0.4, 0.5) is 0 Å². The molecule has 0 amide bonds. The molecule has 0 aromatic rings. The van der Waals surface area contributed by atoms with Gasteiger partial charge >= 0.3 is 11.9 Å². The quantitative estimate of drug-likeness (QED) is 0.600. The van der Waals surface area contributed by atoms with Crippen LogP contribution in [-0.2, 0) is 28.5 Å². The van der Waals surface area contributed by atoms with Gasteiger partial charge in [-0.2, -0.15) is 0 Å². The van der Waals surface area contributed by atoms with Gasteiger partial charge in [-0.05, 0) is 13.8 Å². The van der Waals surface area contributed by atoms with E-state index in [1.165, 1.54) is 14.2 Å². The second kappa shape index (κ2) is 4.16. The summed E-state index contributed by atoms with van der Waals surface area (Å²) in [6.45, 7) is 3.21. The molecule has 0 aromatic heterocycles. The Hall–Kier alpha value is -1.14. The minimum atomic E-state index is -1.07. The lowest BCUT2D eigenvalue weighted by molar-refractivity contribution is -0.171. The highest BCUT2D eigenvalue weighted by atomic mass is 16.8. The molecule has 0 aromatic carbocycles. The summed E-state index contributed by atoms with van der Waals surface area (Å²) in [5.74, 6) is -2.32. The van der Waals surface area contributed by atoms with Crippen molar-refractivity contribution in [1.82, 2.24) is 0 Å². The van der Waals surface area contributed by atoms with Crippen LogP contribution in [0.25, 0.3) is 0 Å². The molecule has 1 heterocycles. The van der Waals surface area contributed by atoms with Crippen LogP contribution in [-0.4, -0.2) is 44.2 Å². The molecule has 0 aliphatic carbocycles. The van der Waals surface area contributed by atoms with Crippen LogP contribution in [0.5, 0.6) is 0 Å². The molecule has 1 rings (SSSR count). The van der Waals surface area contributed by atoms with E-state index in [0.29, 0.717) is 0 Å². The number of ether oxygens (including phenoxy) is 4. The number of methoxy groups -OCH3 is 2. The van der Waals surface area contributed by atoms with Gasteiger partial charge in [0.1, 0.15) is 0 Å². The number of carbonyl (C=O) groups is 2. The Kier molecular flexibility index (Phi) is 3.31. The third kappa shape index (κ3) is 2.45. The summed E-state index contributed by atoms with van der Waals surface area (Å²) in [4.78, 5) is 22.6. The largest absolute Gasteiger partial charge is 0.467 e. The van der Waals surface area contributed by atoms with Crippen molar-refractivity contribution in [2.24, 2.45) is 0 Å². The number of esters is 2. The van der Waals surface area contributed by atoms with Gasteiger partial charge in [0.05, 0.1) is 14.2 Å². The van der Waals surface area contributed by atoms with Crippen molar-refractivity contribution < 1.29 is 28.5 Å². The van der Waals surface area contributed by atoms with Gasteiger partial charge in [-0.3, -0.25) is 0 Å². The summed E-state index contributed by atoms with van der Waals surface area (Å²) in [5, 5.41) is 0. The molecule has 1 fully saturated rings. The van der Waals surface area contributed by atoms with E-state index in [0.717, 1.165) is 0 Å². The Morgan fingerprint density at radius 2 is 1.33 bits per heavy atom. The van der Waals surface area contributed by atoms with Crippen LogP contribution in [0.1, 0.15) is 13.8 Å². The monoisotopic (exact) mass is 218 g/mol. The number of carbonyl (C=O) groups excluding carboxylic acids is 2. The second-order valence-electron chi connectivity index (χ2n) is 3.52. The predicted molar refractivity (Wildman–Crippen MR) is 47.9 cm³/mol. The molecular formula is C9H14O6. The minimum absolute atomic E-state index is 0.657. The van der Waals surface area contributed by atoms with E-state index < -0.39 is 29.9 Å². The minimum Gasteiger partial charge on any atom is -0.467 e. The summed E-state index contributed by atoms with van der Waals surface area (Å²) < 4.78 is 19.5. The fourth-order valence-corrected chi connectivity index (χ4v) is 1.34. The molecule has 1 saturated heterocycles. The maximum Gasteiger partial charge on any atom is 0.338 e. The van der Waals surface area contributed by atoms with Gasteiger partial charge in [-0.15, -0.1) is 0 Å². The van der Waals surface area contributed by atoms with Crippen LogP contribution in [0, 0.1) is 0 Å². The van der Waals surface area contributed by atoms with E-state index in [1.807, 2.05) is 0 Å². The van der Waals surface area contributed by atoms with Gasteiger partial charge < -0.3 is 18.9 Å². The predicted octanol–water partition coefficient (Wildman–Crippen LogP) is -0.148. The molecule has 86 valence electrons. The first-order valence-corrected chi connectivity index (χ1v) is 4.42. The van der Waals surface area contributed by atoms with Crippen molar-refractivity contribution in [3.63, 3.8) is 0 Å². The third-order valence-electron chi connectivity index (χ3n) is 1.96. The normalized spacial score (nSPS) is 28.5. The number of hydrogen-bond donors (Lipinski definition) is 0. The lowest BCUT2D eigenvalue weighted by Gasteiger charge is -2.15. The average molecular weight is 218 g/mol. The summed E-state index contributed by atoms with van der Waals surface area (Å²) in [7, 11) is 2.43. The molecule has 6 nitrogen and oxygen atoms in total. The van der Waals surface area contributed by atoms with E-state index in [2.05, 4.69) is 9.47 Å². The zero-order valence-electron chi connectivity index (χ0n) is 9.10. The summed E-state index contributed by atoms with van der Waals surface area (Å²) in [6, 6.07) is 0. The average Bonchev–Trinajstić information content (AvgIpc) is 2.52. The molecule has 0 saturated carbocycles. The first-order valence-electron chi connectivity index (χ1n) is 4.42. The Morgan fingerprint density at radius 3 is 1.60 bits per heavy atom. The first kappa shape index (κ1) is 11.9. The smallest absolute Gasteiger partial charge is 0.338 e. The molecule has 2 unspecified atom stereocenters. The summed E-state index contributed by atoms with van der Waals surface area (Å²) in [5.41, 5.74) is 0. The summed E-state index contributed by atoms with van der Waals surface area (Å²) >= 11 is 0. The molecule has 0 spiro atoms. The molecule has 1 aliphatic heterocycles. The van der Waals surface area contributed by atoms with Crippen LogP contribution in [0.15, 0.2) is 0 Å². The van der Waals surface area contributed by atoms with Crippen LogP contribution in [0.3, 0.4) is 0 Å². The van der Waals surface area contributed by atoms with Crippen molar-refractivity contribution in [3.05, 3.63) is 0 Å². The Labute approximate surface area is 87.4 Å².